The molecular weight excluding hydrogens is 198 g/mol. The molecule has 0 radical (unpaired) electrons. The second-order valence-corrected chi connectivity index (χ2v) is 3.21. The maximum Gasteiger partial charge on any atom is 0.271 e. The van der Waals surface area contributed by atoms with Crippen molar-refractivity contribution in [3.8, 4) is 0 Å². The van der Waals surface area contributed by atoms with Gasteiger partial charge in [-0.15, -0.1) is 0 Å². The third-order valence-electron chi connectivity index (χ3n) is 2.16. The molecule has 1 aromatic heterocycles. The van der Waals surface area contributed by atoms with Gasteiger partial charge in [0.05, 0.1) is 6.54 Å². The van der Waals surface area contributed by atoms with E-state index in [0.29, 0.717) is 19.0 Å². The number of aromatic nitrogens is 1. The zero-order valence-electron chi connectivity index (χ0n) is 8.01. The molecular formula is C8H11N5O2. The molecule has 0 atom stereocenters. The number of rotatable bonds is 3. The second-order valence-electron chi connectivity index (χ2n) is 3.21. The summed E-state index contributed by atoms with van der Waals surface area (Å²) >= 11 is 0. The van der Waals surface area contributed by atoms with Crippen LogP contribution in [0.1, 0.15) is 5.69 Å². The zero-order valence-corrected chi connectivity index (χ0v) is 8.01. The van der Waals surface area contributed by atoms with Crippen molar-refractivity contribution < 1.29 is 5.03 Å². The number of H-pyrrole nitrogens is 1. The van der Waals surface area contributed by atoms with Gasteiger partial charge in [-0.3, -0.25) is 0 Å². The van der Waals surface area contributed by atoms with Crippen LogP contribution in [0.2, 0.25) is 0 Å². The molecule has 1 fully saturated rings. The van der Waals surface area contributed by atoms with Crippen LogP contribution < -0.4 is 5.32 Å². The smallest absolute Gasteiger partial charge is 0.271 e. The fourth-order valence-electron chi connectivity index (χ4n) is 1.52. The third-order valence-corrected chi connectivity index (χ3v) is 2.16. The molecule has 0 bridgehead atoms. The summed E-state index contributed by atoms with van der Waals surface area (Å²) in [6.07, 6.45) is 1.82. The van der Waals surface area contributed by atoms with Gasteiger partial charge in [0.25, 0.3) is 5.96 Å². The van der Waals surface area contributed by atoms with Crippen molar-refractivity contribution in [2.75, 3.05) is 13.1 Å². The molecule has 0 amide bonds. The van der Waals surface area contributed by atoms with Crippen molar-refractivity contribution in [1.29, 1.82) is 0 Å². The van der Waals surface area contributed by atoms with E-state index in [0.717, 1.165) is 12.2 Å². The summed E-state index contributed by atoms with van der Waals surface area (Å²) in [7, 11) is 0. The van der Waals surface area contributed by atoms with E-state index in [1.54, 1.807) is 0 Å². The number of nitro groups is 1. The van der Waals surface area contributed by atoms with Crippen LogP contribution in [0.25, 0.3) is 0 Å². The first-order valence-electron chi connectivity index (χ1n) is 4.60. The molecule has 0 spiro atoms. The lowest BCUT2D eigenvalue weighted by Crippen LogP contribution is -2.30. The molecule has 0 aromatic carbocycles. The van der Waals surface area contributed by atoms with Crippen LogP contribution in [-0.2, 0) is 6.54 Å². The topological polar surface area (TPSA) is 86.6 Å². The van der Waals surface area contributed by atoms with E-state index in [1.165, 1.54) is 0 Å². The molecule has 7 heteroatoms. The maximum absolute atomic E-state index is 10.2. The van der Waals surface area contributed by atoms with Gasteiger partial charge in [0, 0.05) is 25.0 Å². The summed E-state index contributed by atoms with van der Waals surface area (Å²) in [5.74, 6) is 0.328. The quantitative estimate of drug-likeness (QED) is 0.540. The van der Waals surface area contributed by atoms with Crippen LogP contribution in [0.5, 0.6) is 0 Å². The Balaban J connectivity index is 2.05. The van der Waals surface area contributed by atoms with E-state index in [9.17, 15) is 10.1 Å². The van der Waals surface area contributed by atoms with Crippen LogP contribution in [0.4, 0.5) is 0 Å². The zero-order chi connectivity index (χ0) is 10.7. The number of hydrogen-bond acceptors (Lipinski definition) is 2. The van der Waals surface area contributed by atoms with Crippen LogP contribution in [0.3, 0.4) is 0 Å². The Labute approximate surface area is 85.9 Å². The van der Waals surface area contributed by atoms with Gasteiger partial charge in [0.1, 0.15) is 5.10 Å². The summed E-state index contributed by atoms with van der Waals surface area (Å²) < 4.78 is 0. The maximum atomic E-state index is 10.2. The summed E-state index contributed by atoms with van der Waals surface area (Å²) in [5.41, 5.74) is 1.01. The first-order chi connectivity index (χ1) is 7.25. The van der Waals surface area contributed by atoms with Crippen LogP contribution in [0.15, 0.2) is 23.4 Å². The number of hydrogen-bond donors (Lipinski definition) is 2. The average Bonchev–Trinajstić information content (AvgIpc) is 2.78. The number of hydrazone groups is 1. The van der Waals surface area contributed by atoms with Gasteiger partial charge < -0.3 is 15.2 Å². The first-order valence-corrected chi connectivity index (χ1v) is 4.60. The molecule has 1 aliphatic heterocycles. The Morgan fingerprint density at radius 2 is 2.53 bits per heavy atom. The fourth-order valence-corrected chi connectivity index (χ4v) is 1.52. The minimum Gasteiger partial charge on any atom is -0.364 e. The Morgan fingerprint density at radius 3 is 3.20 bits per heavy atom. The fraction of sp³-hybridized carbons (Fsp3) is 0.375. The molecule has 2 rings (SSSR count). The van der Waals surface area contributed by atoms with E-state index in [-0.39, 0.29) is 0 Å². The van der Waals surface area contributed by atoms with Gasteiger partial charge in [-0.1, -0.05) is 0 Å². The normalized spacial score (nSPS) is 18.1. The van der Waals surface area contributed by atoms with E-state index >= 15 is 0 Å². The molecule has 0 aliphatic carbocycles. The van der Waals surface area contributed by atoms with Crippen molar-refractivity contribution in [3.63, 3.8) is 0 Å². The molecule has 2 heterocycles. The highest BCUT2D eigenvalue weighted by molar-refractivity contribution is 5.81. The summed E-state index contributed by atoms with van der Waals surface area (Å²) in [4.78, 5) is 15.1. The molecule has 0 unspecified atom stereocenters. The van der Waals surface area contributed by atoms with Gasteiger partial charge in [-0.25, -0.2) is 10.1 Å². The molecule has 1 saturated heterocycles. The molecule has 1 aromatic rings. The first kappa shape index (κ1) is 9.50. The van der Waals surface area contributed by atoms with Crippen molar-refractivity contribution in [2.45, 2.75) is 6.54 Å². The molecule has 15 heavy (non-hydrogen) atoms. The van der Waals surface area contributed by atoms with Gasteiger partial charge in [0.15, 0.2) is 5.03 Å². The van der Waals surface area contributed by atoms with E-state index in [4.69, 9.17) is 0 Å². The van der Waals surface area contributed by atoms with E-state index in [1.807, 2.05) is 23.2 Å². The molecule has 0 saturated carbocycles. The summed E-state index contributed by atoms with van der Waals surface area (Å²) in [6, 6.07) is 3.82. The van der Waals surface area contributed by atoms with Crippen molar-refractivity contribution >= 4 is 5.96 Å². The number of aromatic amines is 1. The Bertz CT molecular complexity index is 372. The monoisotopic (exact) mass is 209 g/mol. The van der Waals surface area contributed by atoms with Gasteiger partial charge in [-0.05, 0) is 12.1 Å². The predicted molar refractivity (Wildman–Crippen MR) is 53.6 cm³/mol. The average molecular weight is 209 g/mol. The molecule has 2 N–H and O–H groups in total. The van der Waals surface area contributed by atoms with Gasteiger partial charge in [0.2, 0.25) is 0 Å². The summed E-state index contributed by atoms with van der Waals surface area (Å²) in [5, 5.41) is 15.7. The SMILES string of the molecule is O=[N+]([O-])N=C1NCCN1Cc1ccc[nH]1. The molecule has 80 valence electrons. The number of guanidine groups is 1. The highest BCUT2D eigenvalue weighted by atomic mass is 16.7. The van der Waals surface area contributed by atoms with Gasteiger partial charge in [-0.2, -0.15) is 0 Å². The lowest BCUT2D eigenvalue weighted by atomic mass is 10.4. The Hall–Kier alpha value is -2.05. The van der Waals surface area contributed by atoms with Crippen LogP contribution >= 0.6 is 0 Å². The second kappa shape index (κ2) is 3.99. The minimum absolute atomic E-state index is 0.328. The predicted octanol–water partition coefficient (Wildman–Crippen LogP) is -0.0324. The van der Waals surface area contributed by atoms with Crippen LogP contribution in [0, 0.1) is 10.1 Å². The van der Waals surface area contributed by atoms with Gasteiger partial charge >= 0.3 is 0 Å². The molecule has 1 aliphatic rings. The van der Waals surface area contributed by atoms with Crippen LogP contribution in [-0.4, -0.2) is 34.0 Å². The van der Waals surface area contributed by atoms with Crippen molar-refractivity contribution in [3.05, 3.63) is 34.1 Å². The molecule has 7 nitrogen and oxygen atoms in total. The highest BCUT2D eigenvalue weighted by Crippen LogP contribution is 2.05. The lowest BCUT2D eigenvalue weighted by Gasteiger charge is -2.13. The largest absolute Gasteiger partial charge is 0.364 e. The van der Waals surface area contributed by atoms with Crippen molar-refractivity contribution in [2.24, 2.45) is 5.10 Å². The third kappa shape index (κ3) is 2.25. The number of nitrogens with one attached hydrogen (secondary N) is 2. The lowest BCUT2D eigenvalue weighted by molar-refractivity contribution is -0.485. The minimum atomic E-state index is -0.685. The highest BCUT2D eigenvalue weighted by Gasteiger charge is 2.21. The Kier molecular flexibility index (Phi) is 2.53. The van der Waals surface area contributed by atoms with E-state index < -0.39 is 5.03 Å². The summed E-state index contributed by atoms with van der Waals surface area (Å²) in [6.45, 7) is 2.02. The standard InChI is InChI=1S/C8H11N5O2/c14-13(15)11-8-10-4-5-12(8)6-7-2-1-3-9-7/h1-3,9H,4-6H2,(H,10,11). The Morgan fingerprint density at radius 1 is 1.67 bits per heavy atom. The number of nitrogens with zero attached hydrogens (tertiary/aromatic N) is 3. The van der Waals surface area contributed by atoms with Crippen molar-refractivity contribution in [1.82, 2.24) is 15.2 Å². The van der Waals surface area contributed by atoms with E-state index in [2.05, 4.69) is 15.4 Å².